The van der Waals surface area contributed by atoms with E-state index in [0.717, 1.165) is 39.3 Å². The van der Waals surface area contributed by atoms with Gasteiger partial charge in [-0.3, -0.25) is 4.90 Å². The average molecular weight is 269 g/mol. The first-order valence-corrected chi connectivity index (χ1v) is 7.73. The average Bonchev–Trinajstić information content (AvgIpc) is 2.28. The zero-order chi connectivity index (χ0) is 14.7. The van der Waals surface area contributed by atoms with Gasteiger partial charge in [-0.1, -0.05) is 34.6 Å². The van der Waals surface area contributed by atoms with Gasteiger partial charge in [-0.25, -0.2) is 0 Å². The van der Waals surface area contributed by atoms with E-state index in [1.165, 1.54) is 0 Å². The molecule has 0 bridgehead atoms. The van der Waals surface area contributed by atoms with Crippen molar-refractivity contribution in [3.8, 4) is 0 Å². The molecule has 1 fully saturated rings. The number of hydrogen-bond donors (Lipinski definition) is 2. The second kappa shape index (κ2) is 6.11. The maximum atomic E-state index is 3.71. The lowest BCUT2D eigenvalue weighted by molar-refractivity contribution is 0.0863. The van der Waals surface area contributed by atoms with Crippen LogP contribution in [-0.2, 0) is 0 Å². The van der Waals surface area contributed by atoms with Crippen molar-refractivity contribution in [1.82, 2.24) is 15.5 Å². The Morgan fingerprint density at radius 2 is 1.42 bits per heavy atom. The van der Waals surface area contributed by atoms with Crippen LogP contribution in [0.5, 0.6) is 0 Å². The Balaban J connectivity index is 2.43. The topological polar surface area (TPSA) is 27.3 Å². The van der Waals surface area contributed by atoms with E-state index < -0.39 is 0 Å². The third-order valence-corrected chi connectivity index (χ3v) is 5.13. The maximum absolute atomic E-state index is 3.71. The molecule has 0 aromatic carbocycles. The molecule has 0 spiro atoms. The molecule has 19 heavy (non-hydrogen) atoms. The quantitative estimate of drug-likeness (QED) is 0.802. The number of nitrogens with one attached hydrogen (secondary N) is 2. The molecule has 1 heterocycles. The van der Waals surface area contributed by atoms with Crippen LogP contribution in [0.4, 0.5) is 0 Å². The van der Waals surface area contributed by atoms with Crippen LogP contribution in [0.25, 0.3) is 0 Å². The molecule has 0 unspecified atom stereocenters. The Morgan fingerprint density at radius 3 is 1.89 bits per heavy atom. The standard InChI is InChI=1S/C16H35N3/c1-14(2,3)15(4,5)12-18-13-16(6,7)19-10-8-17-9-11-19/h17-18H,8-13H2,1-7H3. The van der Waals surface area contributed by atoms with Crippen molar-refractivity contribution in [1.29, 1.82) is 0 Å². The molecule has 0 amide bonds. The SMILES string of the molecule is CC(C)(CNCC(C)(C)C(C)(C)C)N1CCNCC1. The summed E-state index contributed by atoms with van der Waals surface area (Å²) in [6.07, 6.45) is 0. The van der Waals surface area contributed by atoms with E-state index in [2.05, 4.69) is 64.0 Å². The number of piperazine rings is 1. The number of nitrogens with zero attached hydrogens (tertiary/aromatic N) is 1. The largest absolute Gasteiger partial charge is 0.314 e. The van der Waals surface area contributed by atoms with Gasteiger partial charge >= 0.3 is 0 Å². The van der Waals surface area contributed by atoms with E-state index in [4.69, 9.17) is 0 Å². The summed E-state index contributed by atoms with van der Waals surface area (Å²) in [5, 5.41) is 7.13. The van der Waals surface area contributed by atoms with Gasteiger partial charge in [0.1, 0.15) is 0 Å². The summed E-state index contributed by atoms with van der Waals surface area (Å²) in [4.78, 5) is 2.60. The van der Waals surface area contributed by atoms with Crippen molar-refractivity contribution in [3.63, 3.8) is 0 Å². The van der Waals surface area contributed by atoms with Gasteiger partial charge in [0.2, 0.25) is 0 Å². The van der Waals surface area contributed by atoms with E-state index in [9.17, 15) is 0 Å². The Kier molecular flexibility index (Phi) is 5.44. The van der Waals surface area contributed by atoms with Crippen LogP contribution < -0.4 is 10.6 Å². The Morgan fingerprint density at radius 1 is 0.895 bits per heavy atom. The smallest absolute Gasteiger partial charge is 0.0278 e. The molecule has 3 nitrogen and oxygen atoms in total. The molecule has 114 valence electrons. The number of rotatable bonds is 5. The first kappa shape index (κ1) is 16.9. The highest BCUT2D eigenvalue weighted by Gasteiger charge is 2.33. The Labute approximate surface area is 120 Å². The van der Waals surface area contributed by atoms with Crippen molar-refractivity contribution in [2.75, 3.05) is 39.3 Å². The summed E-state index contributed by atoms with van der Waals surface area (Å²) in [6, 6.07) is 0. The lowest BCUT2D eigenvalue weighted by Crippen LogP contribution is -2.58. The van der Waals surface area contributed by atoms with Gasteiger partial charge in [0.05, 0.1) is 0 Å². The normalized spacial score (nSPS) is 19.7. The van der Waals surface area contributed by atoms with Crippen LogP contribution in [0.15, 0.2) is 0 Å². The molecule has 1 aliphatic rings. The lowest BCUT2D eigenvalue weighted by Gasteiger charge is -2.43. The molecule has 0 aliphatic carbocycles. The van der Waals surface area contributed by atoms with Crippen LogP contribution in [-0.4, -0.2) is 49.7 Å². The highest BCUT2D eigenvalue weighted by molar-refractivity contribution is 4.89. The Bertz CT molecular complexity index is 270. The van der Waals surface area contributed by atoms with E-state index in [1.807, 2.05) is 0 Å². The van der Waals surface area contributed by atoms with Gasteiger partial charge in [0.15, 0.2) is 0 Å². The molecule has 0 atom stereocenters. The van der Waals surface area contributed by atoms with Crippen molar-refractivity contribution in [2.24, 2.45) is 10.8 Å². The van der Waals surface area contributed by atoms with Gasteiger partial charge in [-0.2, -0.15) is 0 Å². The van der Waals surface area contributed by atoms with Crippen molar-refractivity contribution >= 4 is 0 Å². The maximum Gasteiger partial charge on any atom is 0.0278 e. The fourth-order valence-electron chi connectivity index (χ4n) is 2.33. The molecule has 0 radical (unpaired) electrons. The fourth-order valence-corrected chi connectivity index (χ4v) is 2.33. The van der Waals surface area contributed by atoms with Crippen LogP contribution in [0.1, 0.15) is 48.5 Å². The van der Waals surface area contributed by atoms with Gasteiger partial charge in [0.25, 0.3) is 0 Å². The summed E-state index contributed by atoms with van der Waals surface area (Å²) in [5.74, 6) is 0. The van der Waals surface area contributed by atoms with Crippen LogP contribution >= 0.6 is 0 Å². The zero-order valence-corrected chi connectivity index (χ0v) is 14.2. The summed E-state index contributed by atoms with van der Waals surface area (Å²) >= 11 is 0. The van der Waals surface area contributed by atoms with Gasteiger partial charge in [0, 0.05) is 44.8 Å². The second-order valence-corrected chi connectivity index (χ2v) is 8.29. The van der Waals surface area contributed by atoms with E-state index in [-0.39, 0.29) is 5.54 Å². The molecule has 1 aliphatic heterocycles. The molecule has 1 saturated heterocycles. The molecule has 0 aromatic heterocycles. The second-order valence-electron chi connectivity index (χ2n) is 8.29. The van der Waals surface area contributed by atoms with Crippen molar-refractivity contribution in [3.05, 3.63) is 0 Å². The van der Waals surface area contributed by atoms with E-state index in [0.29, 0.717) is 10.8 Å². The summed E-state index contributed by atoms with van der Waals surface area (Å²) < 4.78 is 0. The molecule has 0 aromatic rings. The van der Waals surface area contributed by atoms with E-state index in [1.54, 1.807) is 0 Å². The van der Waals surface area contributed by atoms with Crippen LogP contribution in [0.3, 0.4) is 0 Å². The minimum absolute atomic E-state index is 0.246. The molecular formula is C16H35N3. The highest BCUT2D eigenvalue weighted by Crippen LogP contribution is 2.37. The van der Waals surface area contributed by atoms with Gasteiger partial charge in [-0.05, 0) is 24.7 Å². The molecule has 3 heteroatoms. The predicted octanol–water partition coefficient (Wildman–Crippen LogP) is 2.33. The number of hydrogen-bond acceptors (Lipinski definition) is 3. The molecule has 2 N–H and O–H groups in total. The Hall–Kier alpha value is -0.120. The van der Waals surface area contributed by atoms with Crippen LogP contribution in [0, 0.1) is 10.8 Å². The van der Waals surface area contributed by atoms with Crippen molar-refractivity contribution in [2.45, 2.75) is 54.0 Å². The minimum atomic E-state index is 0.246. The fraction of sp³-hybridized carbons (Fsp3) is 1.00. The third-order valence-electron chi connectivity index (χ3n) is 5.13. The van der Waals surface area contributed by atoms with Crippen molar-refractivity contribution < 1.29 is 0 Å². The van der Waals surface area contributed by atoms with Gasteiger partial charge in [-0.15, -0.1) is 0 Å². The highest BCUT2D eigenvalue weighted by atomic mass is 15.2. The first-order chi connectivity index (χ1) is 8.56. The molecule has 0 saturated carbocycles. The molecular weight excluding hydrogens is 234 g/mol. The summed E-state index contributed by atoms with van der Waals surface area (Å²) in [5.41, 5.74) is 0.891. The monoisotopic (exact) mass is 269 g/mol. The molecule has 1 rings (SSSR count). The minimum Gasteiger partial charge on any atom is -0.314 e. The lowest BCUT2D eigenvalue weighted by atomic mass is 9.69. The van der Waals surface area contributed by atoms with Gasteiger partial charge < -0.3 is 10.6 Å². The van der Waals surface area contributed by atoms with Crippen LogP contribution in [0.2, 0.25) is 0 Å². The first-order valence-electron chi connectivity index (χ1n) is 7.73. The third kappa shape index (κ3) is 4.73. The zero-order valence-electron chi connectivity index (χ0n) is 14.2. The predicted molar refractivity (Wildman–Crippen MR) is 84.6 cm³/mol. The van der Waals surface area contributed by atoms with E-state index >= 15 is 0 Å². The summed E-state index contributed by atoms with van der Waals surface area (Å²) in [6.45, 7) is 23.1. The summed E-state index contributed by atoms with van der Waals surface area (Å²) in [7, 11) is 0.